The zero-order chi connectivity index (χ0) is 21.9. The highest BCUT2D eigenvalue weighted by Gasteiger charge is 2.23. The number of amides is 1. The van der Waals surface area contributed by atoms with Crippen LogP contribution < -0.4 is 5.56 Å². The molecule has 3 aromatic rings. The number of nitrogens with zero attached hydrogens (tertiary/aromatic N) is 3. The number of hydrogen-bond acceptors (Lipinski definition) is 5. The number of aromatic nitrogens is 2. The third-order valence-electron chi connectivity index (χ3n) is 4.32. The Labute approximate surface area is 183 Å². The summed E-state index contributed by atoms with van der Waals surface area (Å²) in [5.74, 6) is 0. The SMILES string of the molecule is CC(C)(C)OC(=O)N(CCO)Cc1cnc2cc(-c3cccc(Br)c3)ccn2c1=O. The molecule has 30 heavy (non-hydrogen) atoms. The molecule has 2 heterocycles. The molecule has 0 aliphatic rings. The van der Waals surface area contributed by atoms with Gasteiger partial charge in [-0.25, -0.2) is 9.78 Å². The molecular weight excluding hydrogens is 450 g/mol. The van der Waals surface area contributed by atoms with Crippen molar-refractivity contribution in [2.45, 2.75) is 32.9 Å². The minimum Gasteiger partial charge on any atom is -0.444 e. The van der Waals surface area contributed by atoms with E-state index in [1.807, 2.05) is 36.4 Å². The molecule has 0 saturated heterocycles. The molecule has 158 valence electrons. The second kappa shape index (κ2) is 8.97. The van der Waals surface area contributed by atoms with E-state index in [1.165, 1.54) is 15.5 Å². The van der Waals surface area contributed by atoms with E-state index in [-0.39, 0.29) is 25.3 Å². The summed E-state index contributed by atoms with van der Waals surface area (Å²) in [6, 6.07) is 11.6. The molecule has 0 fully saturated rings. The monoisotopic (exact) mass is 473 g/mol. The summed E-state index contributed by atoms with van der Waals surface area (Å²) in [6.45, 7) is 5.10. The number of benzene rings is 1. The number of aliphatic hydroxyl groups is 1. The van der Waals surface area contributed by atoms with Crippen molar-refractivity contribution >= 4 is 27.7 Å². The summed E-state index contributed by atoms with van der Waals surface area (Å²) in [5.41, 5.74) is 1.84. The van der Waals surface area contributed by atoms with Crippen LogP contribution in [0.3, 0.4) is 0 Å². The van der Waals surface area contributed by atoms with Gasteiger partial charge >= 0.3 is 6.09 Å². The van der Waals surface area contributed by atoms with Gasteiger partial charge in [0.15, 0.2) is 0 Å². The van der Waals surface area contributed by atoms with Crippen LogP contribution in [0.1, 0.15) is 26.3 Å². The normalized spacial score (nSPS) is 11.5. The molecule has 3 rings (SSSR count). The first-order chi connectivity index (χ1) is 14.2. The second-order valence-corrected chi connectivity index (χ2v) is 8.78. The Hall–Kier alpha value is -2.71. The first-order valence-corrected chi connectivity index (χ1v) is 10.3. The van der Waals surface area contributed by atoms with Gasteiger partial charge in [0.05, 0.1) is 18.7 Å². The number of halogens is 1. The third-order valence-corrected chi connectivity index (χ3v) is 4.81. The maximum atomic E-state index is 13.0. The lowest BCUT2D eigenvalue weighted by Gasteiger charge is -2.26. The van der Waals surface area contributed by atoms with Crippen molar-refractivity contribution in [2.24, 2.45) is 0 Å². The Morgan fingerprint density at radius 1 is 1.23 bits per heavy atom. The molecule has 0 aliphatic heterocycles. The second-order valence-electron chi connectivity index (χ2n) is 7.87. The van der Waals surface area contributed by atoms with Crippen LogP contribution in [0, 0.1) is 0 Å². The van der Waals surface area contributed by atoms with Crippen molar-refractivity contribution < 1.29 is 14.6 Å². The molecule has 0 unspecified atom stereocenters. The van der Waals surface area contributed by atoms with Gasteiger partial charge in [-0.3, -0.25) is 9.20 Å². The highest BCUT2D eigenvalue weighted by atomic mass is 79.9. The summed E-state index contributed by atoms with van der Waals surface area (Å²) in [7, 11) is 0. The third kappa shape index (κ3) is 5.25. The lowest BCUT2D eigenvalue weighted by Crippen LogP contribution is -2.39. The molecule has 0 aliphatic carbocycles. The summed E-state index contributed by atoms with van der Waals surface area (Å²) >= 11 is 3.46. The zero-order valence-electron chi connectivity index (χ0n) is 17.1. The average molecular weight is 474 g/mol. The van der Waals surface area contributed by atoms with E-state index in [1.54, 1.807) is 27.0 Å². The van der Waals surface area contributed by atoms with Crippen LogP contribution in [-0.4, -0.2) is 44.2 Å². The van der Waals surface area contributed by atoms with Gasteiger partial charge < -0.3 is 14.7 Å². The fraction of sp³-hybridized carbons (Fsp3) is 0.318. The smallest absolute Gasteiger partial charge is 0.410 e. The minimum atomic E-state index is -0.676. The number of aliphatic hydroxyl groups excluding tert-OH is 1. The van der Waals surface area contributed by atoms with Gasteiger partial charge in [-0.15, -0.1) is 0 Å². The predicted octanol–water partition coefficient (Wildman–Crippen LogP) is 3.85. The van der Waals surface area contributed by atoms with Gasteiger partial charge in [0.25, 0.3) is 5.56 Å². The molecular formula is C22H24BrN3O4. The van der Waals surface area contributed by atoms with E-state index < -0.39 is 11.7 Å². The Morgan fingerprint density at radius 2 is 1.97 bits per heavy atom. The molecule has 0 spiro atoms. The number of carbonyl (C=O) groups excluding carboxylic acids is 1. The quantitative estimate of drug-likeness (QED) is 0.608. The molecule has 2 aromatic heterocycles. The van der Waals surface area contributed by atoms with Crippen LogP contribution in [0.5, 0.6) is 0 Å². The number of fused-ring (bicyclic) bond motifs is 1. The summed E-state index contributed by atoms with van der Waals surface area (Å²) < 4.78 is 7.78. The Balaban J connectivity index is 1.91. The number of hydrogen-bond donors (Lipinski definition) is 1. The van der Waals surface area contributed by atoms with Crippen LogP contribution in [0.4, 0.5) is 4.79 Å². The van der Waals surface area contributed by atoms with E-state index in [0.29, 0.717) is 11.2 Å². The maximum Gasteiger partial charge on any atom is 0.410 e. The lowest BCUT2D eigenvalue weighted by atomic mass is 10.1. The van der Waals surface area contributed by atoms with Crippen molar-refractivity contribution in [3.8, 4) is 11.1 Å². The minimum absolute atomic E-state index is 0.00235. The van der Waals surface area contributed by atoms with E-state index in [9.17, 15) is 14.7 Å². The average Bonchev–Trinajstić information content (AvgIpc) is 2.68. The van der Waals surface area contributed by atoms with Crippen LogP contribution in [0.15, 0.2) is 58.1 Å². The number of rotatable bonds is 5. The van der Waals surface area contributed by atoms with Crippen LogP contribution in [-0.2, 0) is 11.3 Å². The van der Waals surface area contributed by atoms with Crippen molar-refractivity contribution in [3.05, 3.63) is 69.2 Å². The number of carbonyl (C=O) groups is 1. The van der Waals surface area contributed by atoms with Gasteiger partial charge in [-0.1, -0.05) is 28.1 Å². The first-order valence-electron chi connectivity index (χ1n) is 9.53. The van der Waals surface area contributed by atoms with Gasteiger partial charge in [0.1, 0.15) is 11.2 Å². The summed E-state index contributed by atoms with van der Waals surface area (Å²) in [6.07, 6.45) is 2.55. The topological polar surface area (TPSA) is 84.1 Å². The molecule has 0 atom stereocenters. The summed E-state index contributed by atoms with van der Waals surface area (Å²) in [4.78, 5) is 31.1. The Morgan fingerprint density at radius 3 is 2.63 bits per heavy atom. The zero-order valence-corrected chi connectivity index (χ0v) is 18.7. The fourth-order valence-electron chi connectivity index (χ4n) is 2.96. The summed E-state index contributed by atoms with van der Waals surface area (Å²) in [5, 5.41) is 9.31. The molecule has 1 aromatic carbocycles. The molecule has 0 bridgehead atoms. The standard InChI is InChI=1S/C22H24BrN3O4/c1-22(2,3)30-21(29)25(9-10-27)14-17-13-24-19-12-16(7-8-26(19)20(17)28)15-5-4-6-18(23)11-15/h4-8,11-13,27H,9-10,14H2,1-3H3. The maximum absolute atomic E-state index is 13.0. The molecule has 0 radical (unpaired) electrons. The van der Waals surface area contributed by atoms with Gasteiger partial charge in [0, 0.05) is 23.4 Å². The Kier molecular flexibility index (Phi) is 6.58. The van der Waals surface area contributed by atoms with E-state index >= 15 is 0 Å². The Bertz CT molecular complexity index is 1120. The number of ether oxygens (including phenoxy) is 1. The molecule has 8 heteroatoms. The van der Waals surface area contributed by atoms with Crippen molar-refractivity contribution in [2.75, 3.05) is 13.2 Å². The van der Waals surface area contributed by atoms with Crippen molar-refractivity contribution in [1.29, 1.82) is 0 Å². The van der Waals surface area contributed by atoms with E-state index in [0.717, 1.165) is 15.6 Å². The van der Waals surface area contributed by atoms with Gasteiger partial charge in [-0.2, -0.15) is 0 Å². The van der Waals surface area contributed by atoms with Gasteiger partial charge in [-0.05, 0) is 56.2 Å². The van der Waals surface area contributed by atoms with Crippen LogP contribution >= 0.6 is 15.9 Å². The predicted molar refractivity (Wildman–Crippen MR) is 118 cm³/mol. The van der Waals surface area contributed by atoms with E-state index in [2.05, 4.69) is 20.9 Å². The fourth-order valence-corrected chi connectivity index (χ4v) is 3.36. The van der Waals surface area contributed by atoms with Crippen LogP contribution in [0.25, 0.3) is 16.8 Å². The van der Waals surface area contributed by atoms with E-state index in [4.69, 9.17) is 4.74 Å². The molecule has 1 amide bonds. The molecule has 7 nitrogen and oxygen atoms in total. The first kappa shape index (κ1) is 22.0. The van der Waals surface area contributed by atoms with Crippen molar-refractivity contribution in [3.63, 3.8) is 0 Å². The number of pyridine rings is 1. The van der Waals surface area contributed by atoms with Crippen LogP contribution in [0.2, 0.25) is 0 Å². The molecule has 0 saturated carbocycles. The lowest BCUT2D eigenvalue weighted by molar-refractivity contribution is 0.0200. The largest absolute Gasteiger partial charge is 0.444 e. The molecule has 1 N–H and O–H groups in total. The van der Waals surface area contributed by atoms with Gasteiger partial charge in [0.2, 0.25) is 0 Å². The van der Waals surface area contributed by atoms with Crippen molar-refractivity contribution in [1.82, 2.24) is 14.3 Å². The highest BCUT2D eigenvalue weighted by molar-refractivity contribution is 9.10. The highest BCUT2D eigenvalue weighted by Crippen LogP contribution is 2.23.